The van der Waals surface area contributed by atoms with Gasteiger partial charge in [-0.05, 0) is 220 Å². The average Bonchev–Trinajstić information content (AvgIpc) is 1.77. The molecule has 3 aromatic heterocycles. The zero-order valence-electron chi connectivity index (χ0n) is 79.3. The van der Waals surface area contributed by atoms with Crippen molar-refractivity contribution < 1.29 is 68.2 Å². The fourth-order valence-corrected chi connectivity index (χ4v) is 16.9. The zero-order chi connectivity index (χ0) is 95.5. The molecule has 708 valence electrons. The fourth-order valence-electron chi connectivity index (χ4n) is 15.1. The average molecular weight is 1840 g/mol. The third kappa shape index (κ3) is 39.3. The molecule has 7 N–H and O–H groups in total. The van der Waals surface area contributed by atoms with Crippen molar-refractivity contribution in [3.05, 3.63) is 272 Å². The lowest BCUT2D eigenvalue weighted by molar-refractivity contribution is -0.124. The minimum Gasteiger partial charge on any atom is -0.494 e. The number of pyridine rings is 1. The minimum absolute atomic E-state index is 0.0432. The van der Waals surface area contributed by atoms with Crippen molar-refractivity contribution in [1.82, 2.24) is 30.9 Å². The van der Waals surface area contributed by atoms with E-state index in [1.165, 1.54) is 169 Å². The van der Waals surface area contributed by atoms with Gasteiger partial charge in [0.1, 0.15) is 15.8 Å². The van der Waals surface area contributed by atoms with Crippen LogP contribution in [0.5, 0.6) is 17.5 Å². The van der Waals surface area contributed by atoms with Gasteiger partial charge in [-0.2, -0.15) is 0 Å². The number of hydrogen-bond donors (Lipinski definition) is 7. The maximum Gasteiger partial charge on any atom is 0.335 e. The molecule has 1 saturated carbocycles. The van der Waals surface area contributed by atoms with Gasteiger partial charge in [0.2, 0.25) is 11.8 Å². The number of carboxylic acid groups (broad SMARTS) is 4. The van der Waals surface area contributed by atoms with Gasteiger partial charge in [-0.25, -0.2) is 29.1 Å². The monoisotopic (exact) mass is 1840 g/mol. The largest absolute Gasteiger partial charge is 0.494 e. The van der Waals surface area contributed by atoms with E-state index in [1.807, 2.05) is 107 Å². The molecule has 1 aliphatic carbocycles. The summed E-state index contributed by atoms with van der Waals surface area (Å²) in [6.07, 6.45) is 37.2. The summed E-state index contributed by atoms with van der Waals surface area (Å²) in [5.41, 5.74) is 14.6. The Balaban J connectivity index is 0.000000206. The molecule has 3 heterocycles. The highest BCUT2D eigenvalue weighted by Gasteiger charge is 2.20. The first-order chi connectivity index (χ1) is 64.4. The minimum atomic E-state index is -0.963. The number of aromatic nitrogens is 3. The van der Waals surface area contributed by atoms with Crippen LogP contribution in [0.15, 0.2) is 212 Å². The quantitative estimate of drug-likeness (QED) is 0.0138. The molecule has 133 heavy (non-hydrogen) atoms. The molecule has 1 atom stereocenters. The van der Waals surface area contributed by atoms with E-state index in [1.54, 1.807) is 72.9 Å². The lowest BCUT2D eigenvalue weighted by Crippen LogP contribution is -2.37. The number of carboxylic acids is 4. The molecule has 12 rings (SSSR count). The number of nitrogens with zero attached hydrogens (tertiary/aromatic N) is 3. The van der Waals surface area contributed by atoms with Gasteiger partial charge in [0, 0.05) is 53.6 Å². The van der Waals surface area contributed by atoms with E-state index in [9.17, 15) is 33.6 Å². The van der Waals surface area contributed by atoms with Crippen LogP contribution in [-0.4, -0.2) is 115 Å². The molecule has 0 radical (unpaired) electrons. The number of benzene rings is 8. The van der Waals surface area contributed by atoms with E-state index < -0.39 is 23.9 Å². The zero-order valence-corrected chi connectivity index (χ0v) is 80.9. The fraction of sp³-hybridized carbons (Fsp3) is 0.405. The van der Waals surface area contributed by atoms with Crippen molar-refractivity contribution in [2.45, 2.75) is 261 Å². The van der Waals surface area contributed by atoms with Crippen LogP contribution in [0.25, 0.3) is 54.5 Å². The first kappa shape index (κ1) is 106. The number of ether oxygens (including phenoxy) is 3. The molecule has 0 aliphatic heterocycles. The molecular weight excluding hydrogens is 1710 g/mol. The Kier molecular flexibility index (Phi) is 47.4. The maximum atomic E-state index is 12.4. The van der Waals surface area contributed by atoms with Gasteiger partial charge >= 0.3 is 23.9 Å². The van der Waals surface area contributed by atoms with Crippen LogP contribution in [-0.2, 0) is 28.9 Å². The van der Waals surface area contributed by atoms with Gasteiger partial charge < -0.3 is 50.6 Å². The Morgan fingerprint density at radius 2 is 0.820 bits per heavy atom. The first-order valence-corrected chi connectivity index (χ1v) is 49.3. The van der Waals surface area contributed by atoms with Crippen molar-refractivity contribution in [2.75, 3.05) is 26.4 Å². The van der Waals surface area contributed by atoms with E-state index in [0.717, 1.165) is 139 Å². The smallest absolute Gasteiger partial charge is 0.335 e. The van der Waals surface area contributed by atoms with Gasteiger partial charge in [0.05, 0.1) is 38.6 Å². The molecule has 0 bridgehead atoms. The molecular formula is C111H138N6O14S2. The summed E-state index contributed by atoms with van der Waals surface area (Å²) in [6.45, 7) is 19.9. The standard InChI is InChI=1S/C28H34N2O2.C22H28O2.C21H26O2.C20H24N2O4S.C20H26N2O4S/c1-2-3-4-5-6-9-22-32-27-17-15-24(16-18-27)23-11-13-25(14-12-23)28(31)30-21-19-26-10-7-8-20-29-26;1-3-4-5-6-7-8-9-18-10-12-19(13-11-18)20-14-15-21(22(23)24)17(2)16-20;1-2-3-4-5-6-7-8-17-9-11-18(12-10-17)19-13-15-20(16-14-19)21(22)23;1-13-18(26-12-17(23)21-16-6-4-2-3-5-7-16)22-19(27-13)14-8-10-15(11-9-14)20(24)25;1-12(2)5-6-13(3)21-17(23)11-26-18-14(4)27-19(22-18)15-7-9-16(10-8-15)20(24)25/h7-8,10-18,20H,2-6,9,19,21-22H2,1H3,(H,30,31);10-16H,3-9H2,1-2H3,(H,23,24);9-16H,2-8H2,1H3,(H,22,23);8-11,16H,2-7,12H2,1H3,(H,21,23)(H,24,25);7-10,12-13H,5-6,11H2,1-4H3,(H,21,23)(H,24,25). The van der Waals surface area contributed by atoms with Crippen LogP contribution in [0.2, 0.25) is 0 Å². The van der Waals surface area contributed by atoms with Crippen LogP contribution in [0.3, 0.4) is 0 Å². The predicted molar refractivity (Wildman–Crippen MR) is 538 cm³/mol. The van der Waals surface area contributed by atoms with Crippen LogP contribution in [0, 0.1) is 26.7 Å². The lowest BCUT2D eigenvalue weighted by atomic mass is 9.98. The van der Waals surface area contributed by atoms with Crippen molar-refractivity contribution in [3.8, 4) is 72.0 Å². The number of aryl methyl sites for hydroxylation is 5. The number of nitrogens with one attached hydrogen (secondary N) is 3. The molecule has 0 spiro atoms. The Bertz CT molecular complexity index is 5290. The SMILES string of the molecule is CCCCCCCCOc1ccc(-c2ccc(C(=O)NCCc3ccccn3)cc2)cc1.CCCCCCCCc1ccc(-c2ccc(C(=O)O)c(C)c2)cc1.CCCCCCCCc1ccc(-c2ccc(C(=O)O)cc2)cc1.Cc1sc(-c2ccc(C(=O)O)cc2)nc1OCC(=O)NC(C)CCC(C)C.Cc1sc(-c2ccc(C(=O)O)cc2)nc1OCC(=O)NC1CCCCCC1. The summed E-state index contributed by atoms with van der Waals surface area (Å²) in [5.74, 6) is -1.60. The lowest BCUT2D eigenvalue weighted by Gasteiger charge is -2.16. The van der Waals surface area contributed by atoms with Crippen LogP contribution in [0.1, 0.15) is 292 Å². The number of hydrogen-bond acceptors (Lipinski definition) is 15. The highest BCUT2D eigenvalue weighted by molar-refractivity contribution is 7.15. The summed E-state index contributed by atoms with van der Waals surface area (Å²) in [5, 5.41) is 46.4. The molecule has 1 fully saturated rings. The number of amides is 3. The predicted octanol–water partition coefficient (Wildman–Crippen LogP) is 26.8. The normalized spacial score (nSPS) is 11.9. The number of carbonyl (C=O) groups excluding carboxylic acids is 3. The summed E-state index contributed by atoms with van der Waals surface area (Å²) in [4.78, 5) is 95.4. The molecule has 3 amide bonds. The third-order valence-electron chi connectivity index (χ3n) is 23.0. The molecule has 1 aliphatic rings. The van der Waals surface area contributed by atoms with Gasteiger partial charge in [0.15, 0.2) is 13.2 Å². The van der Waals surface area contributed by atoms with Crippen molar-refractivity contribution >= 4 is 64.3 Å². The maximum absolute atomic E-state index is 12.4. The number of unbranched alkanes of at least 4 members (excludes halogenated alkanes) is 15. The Morgan fingerprint density at radius 1 is 0.414 bits per heavy atom. The highest BCUT2D eigenvalue weighted by atomic mass is 32.1. The number of rotatable bonds is 46. The summed E-state index contributed by atoms with van der Waals surface area (Å²) >= 11 is 2.90. The van der Waals surface area contributed by atoms with E-state index in [2.05, 4.69) is 126 Å². The summed E-state index contributed by atoms with van der Waals surface area (Å²) in [7, 11) is 0. The number of thiazole rings is 2. The van der Waals surface area contributed by atoms with Crippen molar-refractivity contribution in [1.29, 1.82) is 0 Å². The van der Waals surface area contributed by atoms with Crippen LogP contribution < -0.4 is 30.2 Å². The van der Waals surface area contributed by atoms with E-state index in [-0.39, 0.29) is 54.1 Å². The second kappa shape index (κ2) is 59.4. The number of aromatic carboxylic acids is 4. The van der Waals surface area contributed by atoms with E-state index >= 15 is 0 Å². The van der Waals surface area contributed by atoms with Crippen molar-refractivity contribution in [3.63, 3.8) is 0 Å². The van der Waals surface area contributed by atoms with Crippen LogP contribution >= 0.6 is 22.7 Å². The van der Waals surface area contributed by atoms with Gasteiger partial charge in [-0.1, -0.05) is 284 Å². The van der Waals surface area contributed by atoms with E-state index in [0.29, 0.717) is 40.9 Å². The molecule has 0 saturated heterocycles. The Hall–Kier alpha value is -12.1. The van der Waals surface area contributed by atoms with Gasteiger partial charge in [-0.15, -0.1) is 22.7 Å². The molecule has 20 nitrogen and oxygen atoms in total. The highest BCUT2D eigenvalue weighted by Crippen LogP contribution is 2.35. The third-order valence-corrected chi connectivity index (χ3v) is 25.0. The molecule has 8 aromatic carbocycles. The first-order valence-electron chi connectivity index (χ1n) is 47.7. The molecule has 1 unspecified atom stereocenters. The van der Waals surface area contributed by atoms with Crippen LogP contribution in [0.4, 0.5) is 0 Å². The van der Waals surface area contributed by atoms with Crippen molar-refractivity contribution in [2.24, 2.45) is 5.92 Å². The second-order valence-electron chi connectivity index (χ2n) is 34.5. The molecule has 11 aromatic rings. The number of carbonyl (C=O) groups is 7. The van der Waals surface area contributed by atoms with Gasteiger partial charge in [-0.3, -0.25) is 19.4 Å². The summed E-state index contributed by atoms with van der Waals surface area (Å²) < 4.78 is 17.1. The summed E-state index contributed by atoms with van der Waals surface area (Å²) in [6, 6.07) is 65.0. The van der Waals surface area contributed by atoms with E-state index in [4.69, 9.17) is 34.6 Å². The topological polar surface area (TPSA) is 303 Å². The molecule has 22 heteroatoms. The Labute approximate surface area is 795 Å². The van der Waals surface area contributed by atoms with Gasteiger partial charge in [0.25, 0.3) is 17.7 Å². The Morgan fingerprint density at radius 3 is 1.25 bits per heavy atom. The second-order valence-corrected chi connectivity index (χ2v) is 36.9.